The summed E-state index contributed by atoms with van der Waals surface area (Å²) in [7, 11) is 0. The largest absolute Gasteiger partial charge is 0.471 e. The summed E-state index contributed by atoms with van der Waals surface area (Å²) in [4.78, 5) is 20.8. The molecule has 2 aromatic heterocycles. The van der Waals surface area contributed by atoms with Gasteiger partial charge in [-0.2, -0.15) is 4.98 Å². The molecule has 0 spiro atoms. The van der Waals surface area contributed by atoms with Gasteiger partial charge < -0.3 is 9.30 Å². The predicted octanol–water partition coefficient (Wildman–Crippen LogP) is 4.52. The number of ether oxygens (including phenoxy) is 1. The van der Waals surface area contributed by atoms with E-state index in [0.717, 1.165) is 40.8 Å². The fourth-order valence-corrected chi connectivity index (χ4v) is 3.09. The van der Waals surface area contributed by atoms with E-state index in [0.29, 0.717) is 12.3 Å². The van der Waals surface area contributed by atoms with Gasteiger partial charge in [-0.1, -0.05) is 26.0 Å². The lowest BCUT2D eigenvalue weighted by atomic mass is 10.2. The maximum absolute atomic E-state index is 13.1. The highest BCUT2D eigenvalue weighted by atomic mass is 19.1. The molecular formula is C21H25FN4O2. The Bertz CT molecular complexity index is 996. The number of aryl methyl sites for hydroxylation is 2. The molecule has 0 atom stereocenters. The zero-order valence-corrected chi connectivity index (χ0v) is 16.7. The van der Waals surface area contributed by atoms with E-state index in [2.05, 4.69) is 26.8 Å². The first-order valence-electron chi connectivity index (χ1n) is 9.49. The fourth-order valence-electron chi connectivity index (χ4n) is 3.09. The Morgan fingerprint density at radius 3 is 2.54 bits per heavy atom. The van der Waals surface area contributed by atoms with Gasteiger partial charge in [-0.15, -0.1) is 0 Å². The van der Waals surface area contributed by atoms with Crippen molar-refractivity contribution in [1.29, 1.82) is 0 Å². The second kappa shape index (κ2) is 8.37. The number of halogens is 1. The van der Waals surface area contributed by atoms with Crippen LogP contribution in [-0.4, -0.2) is 20.4 Å². The third kappa shape index (κ3) is 3.98. The summed E-state index contributed by atoms with van der Waals surface area (Å²) < 4.78 is 21.3. The summed E-state index contributed by atoms with van der Waals surface area (Å²) in [5, 5.41) is 2.72. The number of rotatable bonds is 7. The van der Waals surface area contributed by atoms with Crippen LogP contribution < -0.4 is 10.1 Å². The average Bonchev–Trinajstić information content (AvgIpc) is 2.92. The van der Waals surface area contributed by atoms with Crippen LogP contribution in [0.4, 0.5) is 10.3 Å². The molecular weight excluding hydrogens is 359 g/mol. The molecule has 0 bridgehead atoms. The number of hydrogen-bond acceptors (Lipinski definition) is 4. The van der Waals surface area contributed by atoms with E-state index in [-0.39, 0.29) is 24.3 Å². The molecule has 3 aromatic rings. The first-order valence-corrected chi connectivity index (χ1v) is 9.49. The van der Waals surface area contributed by atoms with Crippen LogP contribution in [0.15, 0.2) is 24.3 Å². The van der Waals surface area contributed by atoms with Crippen molar-refractivity contribution >= 4 is 22.9 Å². The second-order valence-electron chi connectivity index (χ2n) is 6.73. The summed E-state index contributed by atoms with van der Waals surface area (Å²) in [6, 6.07) is 6.15. The van der Waals surface area contributed by atoms with Crippen molar-refractivity contribution in [2.75, 3.05) is 5.32 Å². The molecule has 1 aromatic carbocycles. The molecule has 148 valence electrons. The molecule has 28 heavy (non-hydrogen) atoms. The number of hydrogen-bond donors (Lipinski definition) is 1. The van der Waals surface area contributed by atoms with Crippen molar-refractivity contribution in [2.24, 2.45) is 0 Å². The number of fused-ring (bicyclic) bond motifs is 1. The summed E-state index contributed by atoms with van der Waals surface area (Å²) in [5.74, 6) is 0.183. The van der Waals surface area contributed by atoms with Crippen molar-refractivity contribution in [3.63, 3.8) is 0 Å². The van der Waals surface area contributed by atoms with Crippen molar-refractivity contribution in [2.45, 2.75) is 53.7 Å². The molecule has 0 saturated heterocycles. The van der Waals surface area contributed by atoms with Crippen LogP contribution in [-0.2, 0) is 17.9 Å². The van der Waals surface area contributed by atoms with E-state index in [9.17, 15) is 9.18 Å². The topological polar surface area (TPSA) is 69.0 Å². The minimum Gasteiger partial charge on any atom is -0.471 e. The van der Waals surface area contributed by atoms with Crippen LogP contribution in [0.2, 0.25) is 0 Å². The van der Waals surface area contributed by atoms with Crippen molar-refractivity contribution < 1.29 is 13.9 Å². The lowest BCUT2D eigenvalue weighted by molar-refractivity contribution is -0.115. The normalized spacial score (nSPS) is 11.0. The zero-order chi connectivity index (χ0) is 20.3. The number of amides is 1. The number of aromatic nitrogens is 3. The minimum atomic E-state index is -0.291. The highest BCUT2D eigenvalue weighted by molar-refractivity contribution is 5.91. The molecule has 0 aliphatic carbocycles. The van der Waals surface area contributed by atoms with Gasteiger partial charge in [-0.05, 0) is 43.5 Å². The SMILES string of the molecule is CCCn1c(C)c(C)c2nc(NC(=O)CC)nc(OCc3ccc(F)cc3)c21. The molecule has 1 amide bonds. The predicted molar refractivity (Wildman–Crippen MR) is 107 cm³/mol. The van der Waals surface area contributed by atoms with Gasteiger partial charge >= 0.3 is 0 Å². The van der Waals surface area contributed by atoms with Crippen LogP contribution in [0.1, 0.15) is 43.5 Å². The van der Waals surface area contributed by atoms with Crippen LogP contribution in [0, 0.1) is 19.7 Å². The number of nitrogens with zero attached hydrogens (tertiary/aromatic N) is 3. The number of benzene rings is 1. The Balaban J connectivity index is 2.06. The van der Waals surface area contributed by atoms with E-state index in [4.69, 9.17) is 4.74 Å². The Kier molecular flexibility index (Phi) is 5.92. The summed E-state index contributed by atoms with van der Waals surface area (Å²) >= 11 is 0. The third-order valence-corrected chi connectivity index (χ3v) is 4.73. The molecule has 7 heteroatoms. The van der Waals surface area contributed by atoms with Gasteiger partial charge in [0.1, 0.15) is 23.5 Å². The molecule has 3 rings (SSSR count). The number of anilines is 1. The molecule has 0 saturated carbocycles. The van der Waals surface area contributed by atoms with Crippen molar-refractivity contribution in [3.05, 3.63) is 46.9 Å². The van der Waals surface area contributed by atoms with Crippen molar-refractivity contribution in [1.82, 2.24) is 14.5 Å². The van der Waals surface area contributed by atoms with Gasteiger partial charge in [-0.25, -0.2) is 9.37 Å². The Morgan fingerprint density at radius 2 is 1.89 bits per heavy atom. The monoisotopic (exact) mass is 384 g/mol. The fraction of sp³-hybridized carbons (Fsp3) is 0.381. The van der Waals surface area contributed by atoms with E-state index >= 15 is 0 Å². The molecule has 0 fully saturated rings. The first-order chi connectivity index (χ1) is 13.4. The molecule has 1 N–H and O–H groups in total. The highest BCUT2D eigenvalue weighted by Crippen LogP contribution is 2.32. The number of carbonyl (C=O) groups excluding carboxylic acids is 1. The Hall–Kier alpha value is -2.96. The van der Waals surface area contributed by atoms with E-state index in [1.54, 1.807) is 19.1 Å². The molecule has 0 aliphatic heterocycles. The van der Waals surface area contributed by atoms with Gasteiger partial charge in [0.25, 0.3) is 0 Å². The zero-order valence-electron chi connectivity index (χ0n) is 16.7. The Labute approximate surface area is 163 Å². The van der Waals surface area contributed by atoms with Gasteiger partial charge in [0.15, 0.2) is 0 Å². The summed E-state index contributed by atoms with van der Waals surface area (Å²) in [6.07, 6.45) is 1.29. The van der Waals surface area contributed by atoms with Crippen molar-refractivity contribution in [3.8, 4) is 5.88 Å². The standard InChI is InChI=1S/C21H25FN4O2/c1-5-11-26-14(4)13(3)18-19(26)20(25-21(24-18)23-17(27)6-2)28-12-15-7-9-16(22)10-8-15/h7-10H,5-6,11-12H2,1-4H3,(H,23,24,25,27). The van der Waals surface area contributed by atoms with Gasteiger partial charge in [0.05, 0.1) is 0 Å². The molecule has 0 unspecified atom stereocenters. The van der Waals surface area contributed by atoms with Gasteiger partial charge in [0.2, 0.25) is 17.7 Å². The molecule has 0 aliphatic rings. The lowest BCUT2D eigenvalue weighted by Crippen LogP contribution is -2.13. The maximum Gasteiger partial charge on any atom is 0.243 e. The van der Waals surface area contributed by atoms with Gasteiger partial charge in [0, 0.05) is 18.7 Å². The number of nitrogens with one attached hydrogen (secondary N) is 1. The number of carbonyl (C=O) groups is 1. The first kappa shape index (κ1) is 19.8. The minimum absolute atomic E-state index is 0.161. The van der Waals surface area contributed by atoms with Crippen LogP contribution in [0.25, 0.3) is 11.0 Å². The molecule has 6 nitrogen and oxygen atoms in total. The smallest absolute Gasteiger partial charge is 0.243 e. The second-order valence-corrected chi connectivity index (χ2v) is 6.73. The molecule has 2 heterocycles. The van der Waals surface area contributed by atoms with Crippen LogP contribution >= 0.6 is 0 Å². The highest BCUT2D eigenvalue weighted by Gasteiger charge is 2.20. The molecule has 0 radical (unpaired) electrons. The summed E-state index contributed by atoms with van der Waals surface area (Å²) in [5.41, 5.74) is 4.53. The van der Waals surface area contributed by atoms with E-state index in [1.165, 1.54) is 12.1 Å². The van der Waals surface area contributed by atoms with Gasteiger partial charge in [-0.3, -0.25) is 10.1 Å². The quantitative estimate of drug-likeness (QED) is 0.650. The maximum atomic E-state index is 13.1. The van der Waals surface area contributed by atoms with E-state index in [1.807, 2.05) is 13.8 Å². The Morgan fingerprint density at radius 1 is 1.18 bits per heavy atom. The van der Waals surface area contributed by atoms with E-state index < -0.39 is 0 Å². The average molecular weight is 384 g/mol. The van der Waals surface area contributed by atoms with Crippen LogP contribution in [0.5, 0.6) is 5.88 Å². The lowest BCUT2D eigenvalue weighted by Gasteiger charge is -2.12. The van der Waals surface area contributed by atoms with Crippen LogP contribution in [0.3, 0.4) is 0 Å². The third-order valence-electron chi connectivity index (χ3n) is 4.73. The summed E-state index contributed by atoms with van der Waals surface area (Å²) in [6.45, 7) is 8.98.